The summed E-state index contributed by atoms with van der Waals surface area (Å²) in [6, 6.07) is 17.3. The zero-order valence-corrected chi connectivity index (χ0v) is 32.8. The highest BCUT2D eigenvalue weighted by Gasteiger charge is 2.35. The molecule has 47 heavy (non-hydrogen) atoms. The van der Waals surface area contributed by atoms with Crippen LogP contribution in [0.4, 0.5) is 4.79 Å². The Morgan fingerprint density at radius 1 is 0.809 bits per heavy atom. The average Bonchev–Trinajstić information content (AvgIpc) is 2.97. The topological polar surface area (TPSA) is 83.1 Å². The van der Waals surface area contributed by atoms with E-state index in [-0.39, 0.29) is 16.2 Å². The van der Waals surface area contributed by atoms with E-state index in [0.29, 0.717) is 12.3 Å². The van der Waals surface area contributed by atoms with Crippen LogP contribution in [0, 0.1) is 0 Å². The summed E-state index contributed by atoms with van der Waals surface area (Å²) in [4.78, 5) is 26.1. The zero-order chi connectivity index (χ0) is 35.0. The molecular formula is C38H59NO6Si2. The molecule has 1 amide bonds. The van der Waals surface area contributed by atoms with Gasteiger partial charge in [-0.25, -0.2) is 9.59 Å². The Bertz CT molecular complexity index is 1290. The van der Waals surface area contributed by atoms with Gasteiger partial charge in [-0.2, -0.15) is 0 Å². The number of hydrogen-bond donors (Lipinski definition) is 1. The van der Waals surface area contributed by atoms with Crippen LogP contribution in [0.2, 0.25) is 22.2 Å². The van der Waals surface area contributed by atoms with Gasteiger partial charge in [0.15, 0.2) is 0 Å². The second-order valence-electron chi connectivity index (χ2n) is 15.8. The van der Waals surface area contributed by atoms with Crippen molar-refractivity contribution < 1.29 is 27.9 Å². The molecule has 7 nitrogen and oxygen atoms in total. The second-order valence-corrected chi connectivity index (χ2v) is 22.3. The molecule has 9 heteroatoms. The maximum absolute atomic E-state index is 13.5. The van der Waals surface area contributed by atoms with Crippen molar-refractivity contribution in [2.75, 3.05) is 0 Å². The lowest BCUT2D eigenvalue weighted by atomic mass is 9.82. The van der Waals surface area contributed by atoms with Gasteiger partial charge in [-0.15, -0.1) is 0 Å². The van der Waals surface area contributed by atoms with E-state index < -0.39 is 41.8 Å². The first kappa shape index (κ1) is 38.7. The Balaban J connectivity index is 1.75. The van der Waals surface area contributed by atoms with Crippen LogP contribution in [-0.4, -0.2) is 47.9 Å². The molecule has 2 aromatic carbocycles. The van der Waals surface area contributed by atoms with Crippen LogP contribution < -0.4 is 14.2 Å². The quantitative estimate of drug-likeness (QED) is 0.177. The van der Waals surface area contributed by atoms with Crippen molar-refractivity contribution in [1.82, 2.24) is 5.32 Å². The van der Waals surface area contributed by atoms with Crippen molar-refractivity contribution in [3.05, 3.63) is 59.7 Å². The van der Waals surface area contributed by atoms with E-state index in [2.05, 4.69) is 78.9 Å². The Hall–Kier alpha value is -2.79. The van der Waals surface area contributed by atoms with E-state index in [1.807, 2.05) is 30.3 Å². The first-order valence-electron chi connectivity index (χ1n) is 17.4. The number of carbonyl (C=O) groups excluding carboxylic acids is 2. The van der Waals surface area contributed by atoms with E-state index >= 15 is 0 Å². The minimum Gasteiger partial charge on any atom is -0.541 e. The van der Waals surface area contributed by atoms with Crippen LogP contribution in [-0.2, 0) is 20.7 Å². The van der Waals surface area contributed by atoms with Gasteiger partial charge in [-0.1, -0.05) is 91.8 Å². The van der Waals surface area contributed by atoms with Crippen molar-refractivity contribution in [1.29, 1.82) is 0 Å². The molecule has 1 unspecified atom stereocenters. The molecule has 260 valence electrons. The van der Waals surface area contributed by atoms with Gasteiger partial charge in [0.1, 0.15) is 29.2 Å². The molecule has 2 radical (unpaired) electrons. The van der Waals surface area contributed by atoms with Crippen LogP contribution in [0.25, 0.3) is 0 Å². The molecule has 0 spiro atoms. The van der Waals surface area contributed by atoms with Gasteiger partial charge < -0.3 is 23.6 Å². The molecule has 2 aromatic rings. The summed E-state index contributed by atoms with van der Waals surface area (Å²) in [5.41, 5.74) is 1.48. The van der Waals surface area contributed by atoms with Gasteiger partial charge in [-0.3, -0.25) is 0 Å². The first-order chi connectivity index (χ1) is 21.9. The second kappa shape index (κ2) is 16.5. The SMILES string of the molecule is CC[Si](Oc1ccc(C2CCC(OC(=O)C(Cc3ccccc3)NC(=O)OC(C)(C)C)CC2)c(O[Si](CC)C(C)(C)C)c1)C(C)(C)C. The van der Waals surface area contributed by atoms with Gasteiger partial charge in [0, 0.05) is 12.5 Å². The molecule has 3 rings (SSSR count). The van der Waals surface area contributed by atoms with Crippen LogP contribution >= 0.6 is 0 Å². The van der Waals surface area contributed by atoms with E-state index in [1.165, 1.54) is 5.56 Å². The highest BCUT2D eigenvalue weighted by atomic mass is 28.3. The number of alkyl carbamates (subject to hydrolysis) is 1. The fraction of sp³-hybridized carbons (Fsp3) is 0.632. The van der Waals surface area contributed by atoms with Gasteiger partial charge in [0.25, 0.3) is 18.1 Å². The maximum Gasteiger partial charge on any atom is 0.408 e. The van der Waals surface area contributed by atoms with E-state index in [0.717, 1.165) is 54.8 Å². The van der Waals surface area contributed by atoms with Crippen molar-refractivity contribution in [3.63, 3.8) is 0 Å². The normalized spacial score (nSPS) is 18.1. The Morgan fingerprint density at radius 3 is 1.91 bits per heavy atom. The average molecular weight is 682 g/mol. The van der Waals surface area contributed by atoms with E-state index in [4.69, 9.17) is 18.3 Å². The molecule has 0 aliphatic heterocycles. The van der Waals surface area contributed by atoms with Crippen LogP contribution in [0.3, 0.4) is 0 Å². The molecule has 1 fully saturated rings. The summed E-state index contributed by atoms with van der Waals surface area (Å²) in [6.45, 7) is 23.4. The van der Waals surface area contributed by atoms with Crippen LogP contribution in [0.1, 0.15) is 119 Å². The molecule has 0 aromatic heterocycles. The number of carbonyl (C=O) groups is 2. The molecule has 1 saturated carbocycles. The van der Waals surface area contributed by atoms with Gasteiger partial charge in [0.05, 0.1) is 0 Å². The summed E-state index contributed by atoms with van der Waals surface area (Å²) >= 11 is 0. The fourth-order valence-electron chi connectivity index (χ4n) is 6.02. The summed E-state index contributed by atoms with van der Waals surface area (Å²) in [5.74, 6) is 1.71. The smallest absolute Gasteiger partial charge is 0.408 e. The predicted molar refractivity (Wildman–Crippen MR) is 194 cm³/mol. The summed E-state index contributed by atoms with van der Waals surface area (Å²) in [7, 11) is -2.19. The van der Waals surface area contributed by atoms with E-state index in [1.54, 1.807) is 20.8 Å². The number of amides is 1. The molecule has 1 atom stereocenters. The predicted octanol–water partition coefficient (Wildman–Crippen LogP) is 9.77. The molecule has 1 aliphatic carbocycles. The fourth-order valence-corrected chi connectivity index (χ4v) is 9.90. The number of esters is 1. The summed E-state index contributed by atoms with van der Waals surface area (Å²) < 4.78 is 25.0. The number of hydrogen-bond acceptors (Lipinski definition) is 6. The maximum atomic E-state index is 13.5. The Morgan fingerprint density at radius 2 is 1.38 bits per heavy atom. The Kier molecular flexibility index (Phi) is 13.6. The van der Waals surface area contributed by atoms with Crippen LogP contribution in [0.5, 0.6) is 11.5 Å². The number of benzene rings is 2. The highest BCUT2D eigenvalue weighted by Crippen LogP contribution is 2.42. The molecule has 0 heterocycles. The lowest BCUT2D eigenvalue weighted by Crippen LogP contribution is -2.46. The minimum absolute atomic E-state index is 0.0901. The molecule has 1 N–H and O–H groups in total. The third-order valence-electron chi connectivity index (χ3n) is 8.43. The number of rotatable bonds is 12. The van der Waals surface area contributed by atoms with Gasteiger partial charge >= 0.3 is 12.1 Å². The van der Waals surface area contributed by atoms with Gasteiger partial charge in [0.2, 0.25) is 0 Å². The highest BCUT2D eigenvalue weighted by molar-refractivity contribution is 6.56. The van der Waals surface area contributed by atoms with E-state index in [9.17, 15) is 9.59 Å². The van der Waals surface area contributed by atoms with Crippen molar-refractivity contribution in [2.45, 2.75) is 154 Å². The molecule has 0 bridgehead atoms. The standard InChI is InChI=1S/C38H59NO6Si2/c1-12-46(37(6,7)8)44-30-23-24-31(33(26-30)45-47(13-2)38(9,10)11)28-19-21-29(22-20-28)42-34(40)32(25-27-17-15-14-16-18-27)39-35(41)43-36(3,4)5/h14-18,23-24,26,28-29,32H,12-13,19-22,25H2,1-11H3,(H,39,41). The number of ether oxygens (including phenoxy) is 2. The van der Waals surface area contributed by atoms with Crippen molar-refractivity contribution >= 4 is 30.1 Å². The van der Waals surface area contributed by atoms with Gasteiger partial charge in [-0.05, 0) is 91.7 Å². The molecule has 1 aliphatic rings. The lowest BCUT2D eigenvalue weighted by Gasteiger charge is -2.33. The van der Waals surface area contributed by atoms with Crippen molar-refractivity contribution in [3.8, 4) is 11.5 Å². The largest absolute Gasteiger partial charge is 0.541 e. The van der Waals surface area contributed by atoms with Crippen molar-refractivity contribution in [2.24, 2.45) is 0 Å². The Labute approximate surface area is 288 Å². The number of nitrogens with one attached hydrogen (secondary N) is 1. The third kappa shape index (κ3) is 12.3. The molecular weight excluding hydrogens is 623 g/mol. The monoisotopic (exact) mass is 681 g/mol. The third-order valence-corrected chi connectivity index (χ3v) is 14.0. The first-order valence-corrected chi connectivity index (χ1v) is 20.6. The summed E-state index contributed by atoms with van der Waals surface area (Å²) in [5, 5.41) is 2.98. The van der Waals surface area contributed by atoms with Crippen LogP contribution in [0.15, 0.2) is 48.5 Å². The lowest BCUT2D eigenvalue weighted by molar-refractivity contribution is -0.153. The minimum atomic E-state index is -1.13. The molecule has 0 saturated heterocycles. The zero-order valence-electron chi connectivity index (χ0n) is 30.8. The summed E-state index contributed by atoms with van der Waals surface area (Å²) in [6.07, 6.45) is 2.75.